The standard InChI is InChI=1S/C14H24N2O2/c17-13-5-4-10-8-16(9-12(10)13)14(18)7-11-3-1-2-6-15-11/h10-13,15,17H,1-9H2. The minimum absolute atomic E-state index is 0.166. The zero-order valence-corrected chi connectivity index (χ0v) is 11.0. The Morgan fingerprint density at radius 2 is 2.11 bits per heavy atom. The summed E-state index contributed by atoms with van der Waals surface area (Å²) in [6, 6.07) is 0.386. The van der Waals surface area contributed by atoms with E-state index in [9.17, 15) is 9.90 Å². The molecule has 3 rings (SSSR count). The van der Waals surface area contributed by atoms with Crippen LogP contribution >= 0.6 is 0 Å². The van der Waals surface area contributed by atoms with Crippen molar-refractivity contribution in [3.05, 3.63) is 0 Å². The second kappa shape index (κ2) is 5.17. The summed E-state index contributed by atoms with van der Waals surface area (Å²) in [6.45, 7) is 2.73. The van der Waals surface area contributed by atoms with Crippen LogP contribution in [0.2, 0.25) is 0 Å². The average molecular weight is 252 g/mol. The van der Waals surface area contributed by atoms with Crippen LogP contribution in [-0.4, -0.2) is 47.7 Å². The monoisotopic (exact) mass is 252 g/mol. The highest BCUT2D eigenvalue weighted by atomic mass is 16.3. The topological polar surface area (TPSA) is 52.6 Å². The summed E-state index contributed by atoms with van der Waals surface area (Å²) in [7, 11) is 0. The van der Waals surface area contributed by atoms with E-state index in [0.29, 0.717) is 24.3 Å². The molecule has 0 aromatic heterocycles. The number of nitrogens with zero attached hydrogens (tertiary/aromatic N) is 1. The second-order valence-electron chi connectivity index (χ2n) is 6.22. The number of likely N-dealkylation sites (tertiary alicyclic amines) is 1. The van der Waals surface area contributed by atoms with Crippen LogP contribution in [0, 0.1) is 11.8 Å². The predicted octanol–water partition coefficient (Wildman–Crippen LogP) is 0.748. The van der Waals surface area contributed by atoms with Gasteiger partial charge in [0.1, 0.15) is 0 Å². The summed E-state index contributed by atoms with van der Waals surface area (Å²) in [6.07, 6.45) is 6.13. The van der Waals surface area contributed by atoms with E-state index < -0.39 is 0 Å². The van der Waals surface area contributed by atoms with Crippen LogP contribution in [0.4, 0.5) is 0 Å². The average Bonchev–Trinajstić information content (AvgIpc) is 2.93. The summed E-state index contributed by atoms with van der Waals surface area (Å²) >= 11 is 0. The Labute approximate surface area is 109 Å². The van der Waals surface area contributed by atoms with E-state index in [-0.39, 0.29) is 12.0 Å². The molecule has 4 nitrogen and oxygen atoms in total. The number of rotatable bonds is 2. The van der Waals surface area contributed by atoms with Crippen LogP contribution in [0.5, 0.6) is 0 Å². The number of nitrogens with one attached hydrogen (secondary N) is 1. The molecular formula is C14H24N2O2. The summed E-state index contributed by atoms with van der Waals surface area (Å²) < 4.78 is 0. The van der Waals surface area contributed by atoms with E-state index in [1.165, 1.54) is 12.8 Å². The zero-order chi connectivity index (χ0) is 12.5. The van der Waals surface area contributed by atoms with Crippen LogP contribution in [0.15, 0.2) is 0 Å². The number of hydrogen-bond acceptors (Lipinski definition) is 3. The highest BCUT2D eigenvalue weighted by Gasteiger charge is 2.43. The van der Waals surface area contributed by atoms with Gasteiger partial charge in [0, 0.05) is 31.5 Å². The zero-order valence-electron chi connectivity index (χ0n) is 11.0. The first-order valence-corrected chi connectivity index (χ1v) is 7.43. The van der Waals surface area contributed by atoms with Gasteiger partial charge in [0.05, 0.1) is 6.10 Å². The number of fused-ring (bicyclic) bond motifs is 1. The molecule has 1 saturated carbocycles. The fraction of sp³-hybridized carbons (Fsp3) is 0.929. The van der Waals surface area contributed by atoms with Crippen molar-refractivity contribution in [2.45, 2.75) is 50.7 Å². The van der Waals surface area contributed by atoms with E-state index in [4.69, 9.17) is 0 Å². The SMILES string of the molecule is O=C(CC1CCCCN1)N1CC2CCC(O)C2C1. The Hall–Kier alpha value is -0.610. The van der Waals surface area contributed by atoms with Gasteiger partial charge in [-0.25, -0.2) is 0 Å². The summed E-state index contributed by atoms with van der Waals surface area (Å²) in [5.41, 5.74) is 0. The van der Waals surface area contributed by atoms with Gasteiger partial charge in [-0.05, 0) is 38.1 Å². The van der Waals surface area contributed by atoms with Gasteiger partial charge in [0.2, 0.25) is 5.91 Å². The minimum Gasteiger partial charge on any atom is -0.393 e. The quantitative estimate of drug-likeness (QED) is 0.762. The van der Waals surface area contributed by atoms with E-state index in [1.54, 1.807) is 0 Å². The molecule has 2 N–H and O–H groups in total. The Morgan fingerprint density at radius 3 is 2.83 bits per heavy atom. The van der Waals surface area contributed by atoms with Gasteiger partial charge in [-0.2, -0.15) is 0 Å². The van der Waals surface area contributed by atoms with Crippen molar-refractivity contribution in [1.29, 1.82) is 0 Å². The van der Waals surface area contributed by atoms with Gasteiger partial charge in [-0.15, -0.1) is 0 Å². The van der Waals surface area contributed by atoms with Crippen molar-refractivity contribution in [3.8, 4) is 0 Å². The normalized spacial score (nSPS) is 39.9. The molecule has 2 heterocycles. The highest BCUT2D eigenvalue weighted by Crippen LogP contribution is 2.38. The third-order valence-corrected chi connectivity index (χ3v) is 5.01. The minimum atomic E-state index is -0.166. The highest BCUT2D eigenvalue weighted by molar-refractivity contribution is 5.77. The Balaban J connectivity index is 1.51. The third-order valence-electron chi connectivity index (χ3n) is 5.01. The lowest BCUT2D eigenvalue weighted by Gasteiger charge is -2.26. The van der Waals surface area contributed by atoms with Crippen LogP contribution in [0.3, 0.4) is 0 Å². The van der Waals surface area contributed by atoms with Crippen LogP contribution < -0.4 is 5.32 Å². The largest absolute Gasteiger partial charge is 0.393 e. The molecule has 1 aliphatic carbocycles. The van der Waals surface area contributed by atoms with E-state index in [1.807, 2.05) is 4.90 Å². The lowest BCUT2D eigenvalue weighted by Crippen LogP contribution is -2.40. The fourth-order valence-electron chi connectivity index (χ4n) is 3.88. The van der Waals surface area contributed by atoms with Crippen molar-refractivity contribution < 1.29 is 9.90 Å². The lowest BCUT2D eigenvalue weighted by molar-refractivity contribution is -0.131. The Morgan fingerprint density at radius 1 is 1.22 bits per heavy atom. The summed E-state index contributed by atoms with van der Waals surface area (Å²) in [5, 5.41) is 13.3. The van der Waals surface area contributed by atoms with Gasteiger partial charge < -0.3 is 15.3 Å². The van der Waals surface area contributed by atoms with Crippen molar-refractivity contribution >= 4 is 5.91 Å². The molecule has 4 heteroatoms. The molecule has 18 heavy (non-hydrogen) atoms. The number of amides is 1. The van der Waals surface area contributed by atoms with Crippen LogP contribution in [0.25, 0.3) is 0 Å². The van der Waals surface area contributed by atoms with Crippen molar-refractivity contribution in [3.63, 3.8) is 0 Å². The molecule has 0 spiro atoms. The molecule has 3 aliphatic rings. The number of aliphatic hydroxyl groups excluding tert-OH is 1. The molecule has 3 fully saturated rings. The predicted molar refractivity (Wildman–Crippen MR) is 69.1 cm³/mol. The first-order chi connectivity index (χ1) is 8.74. The third kappa shape index (κ3) is 2.41. The smallest absolute Gasteiger partial charge is 0.224 e. The van der Waals surface area contributed by atoms with Crippen LogP contribution in [-0.2, 0) is 4.79 Å². The molecule has 0 aromatic rings. The van der Waals surface area contributed by atoms with E-state index >= 15 is 0 Å². The van der Waals surface area contributed by atoms with Crippen LogP contribution in [0.1, 0.15) is 38.5 Å². The lowest BCUT2D eigenvalue weighted by atomic mass is 10.00. The van der Waals surface area contributed by atoms with Gasteiger partial charge >= 0.3 is 0 Å². The summed E-state index contributed by atoms with van der Waals surface area (Å²) in [4.78, 5) is 14.2. The van der Waals surface area contributed by atoms with Crippen molar-refractivity contribution in [2.75, 3.05) is 19.6 Å². The molecule has 0 aromatic carbocycles. The molecule has 1 amide bonds. The molecule has 2 aliphatic heterocycles. The van der Waals surface area contributed by atoms with Gasteiger partial charge in [0.25, 0.3) is 0 Å². The Bertz CT molecular complexity index is 315. The fourth-order valence-corrected chi connectivity index (χ4v) is 3.88. The van der Waals surface area contributed by atoms with E-state index in [0.717, 1.165) is 38.9 Å². The molecule has 2 saturated heterocycles. The maximum absolute atomic E-state index is 12.3. The first-order valence-electron chi connectivity index (χ1n) is 7.43. The summed E-state index contributed by atoms with van der Waals surface area (Å²) in [5.74, 6) is 1.20. The second-order valence-corrected chi connectivity index (χ2v) is 6.22. The molecule has 0 bridgehead atoms. The number of aliphatic hydroxyl groups is 1. The number of carbonyl (C=O) groups excluding carboxylic acids is 1. The van der Waals surface area contributed by atoms with Gasteiger partial charge in [-0.3, -0.25) is 4.79 Å². The molecule has 4 unspecified atom stereocenters. The van der Waals surface area contributed by atoms with E-state index in [2.05, 4.69) is 5.32 Å². The first kappa shape index (κ1) is 12.4. The number of carbonyl (C=O) groups is 1. The molecule has 4 atom stereocenters. The molecule has 0 radical (unpaired) electrons. The molecular weight excluding hydrogens is 228 g/mol. The van der Waals surface area contributed by atoms with Gasteiger partial charge in [0.15, 0.2) is 0 Å². The van der Waals surface area contributed by atoms with Crippen molar-refractivity contribution in [1.82, 2.24) is 10.2 Å². The number of piperidine rings is 1. The maximum Gasteiger partial charge on any atom is 0.224 e. The van der Waals surface area contributed by atoms with Gasteiger partial charge in [-0.1, -0.05) is 6.42 Å². The Kier molecular flexibility index (Phi) is 3.57. The maximum atomic E-state index is 12.3. The number of hydrogen-bond donors (Lipinski definition) is 2. The molecule has 102 valence electrons. The van der Waals surface area contributed by atoms with Crippen molar-refractivity contribution in [2.24, 2.45) is 11.8 Å².